The molecule has 0 bridgehead atoms. The fourth-order valence-corrected chi connectivity index (χ4v) is 5.19. The number of para-hydroxylation sites is 1. The average Bonchev–Trinajstić information content (AvgIpc) is 2.99. The van der Waals surface area contributed by atoms with Gasteiger partial charge in [-0.05, 0) is 49.8 Å². The first-order valence-electron chi connectivity index (χ1n) is 9.17. The Bertz CT molecular complexity index is 1180. The van der Waals surface area contributed by atoms with Crippen LogP contribution in [0.2, 0.25) is 0 Å². The van der Waals surface area contributed by atoms with Crippen molar-refractivity contribution in [3.8, 4) is 5.75 Å². The zero-order valence-electron chi connectivity index (χ0n) is 15.6. The molecule has 3 N–H and O–H groups in total. The summed E-state index contributed by atoms with van der Waals surface area (Å²) < 4.78 is 0. The van der Waals surface area contributed by atoms with Crippen LogP contribution in [0.1, 0.15) is 51.4 Å². The fourth-order valence-electron chi connectivity index (χ4n) is 3.78. The van der Waals surface area contributed by atoms with E-state index in [0.29, 0.717) is 27.4 Å². The number of amides is 1. The van der Waals surface area contributed by atoms with Gasteiger partial charge in [0.25, 0.3) is 11.5 Å². The van der Waals surface area contributed by atoms with E-state index in [1.54, 1.807) is 24.3 Å². The molecule has 1 aliphatic carbocycles. The maximum atomic E-state index is 12.8. The third-order valence-corrected chi connectivity index (χ3v) is 6.39. The Balaban J connectivity index is 1.80. The van der Waals surface area contributed by atoms with Crippen LogP contribution in [0.4, 0.5) is 5.69 Å². The number of nitrogens with one attached hydrogen (secondary N) is 2. The molecule has 2 aromatic heterocycles. The van der Waals surface area contributed by atoms with Gasteiger partial charge in [-0.15, -0.1) is 11.3 Å². The molecule has 1 aliphatic rings. The smallest absolute Gasteiger partial charge is 0.265 e. The molecule has 6 nitrogen and oxygen atoms in total. The molecule has 144 valence electrons. The topological polar surface area (TPSA) is 99.3 Å². The molecule has 28 heavy (non-hydrogen) atoms. The number of benzene rings is 1. The second-order valence-corrected chi connectivity index (χ2v) is 8.39. The number of fused-ring (bicyclic) bond motifs is 3. The quantitative estimate of drug-likeness (QED) is 0.585. The third-order valence-electron chi connectivity index (χ3n) is 5.22. The van der Waals surface area contributed by atoms with Crippen molar-refractivity contribution in [2.75, 3.05) is 5.32 Å². The van der Waals surface area contributed by atoms with Crippen LogP contribution in [-0.4, -0.2) is 21.8 Å². The van der Waals surface area contributed by atoms with Crippen molar-refractivity contribution in [1.29, 1.82) is 0 Å². The SMILES string of the molecule is CC(=O)c1ccccc1NC(=O)c1c(O)c2c3c(sc2[nH]c1=O)C[C@H](C)CC3. The number of rotatable bonds is 3. The lowest BCUT2D eigenvalue weighted by molar-refractivity contribution is 0.101. The third kappa shape index (κ3) is 3.01. The largest absolute Gasteiger partial charge is 0.506 e. The van der Waals surface area contributed by atoms with E-state index in [1.165, 1.54) is 18.3 Å². The monoisotopic (exact) mass is 396 g/mol. The molecular weight excluding hydrogens is 376 g/mol. The number of thiophene rings is 1. The Kier molecular flexibility index (Phi) is 4.55. The highest BCUT2D eigenvalue weighted by Crippen LogP contribution is 2.41. The second kappa shape index (κ2) is 6.91. The van der Waals surface area contributed by atoms with E-state index in [2.05, 4.69) is 17.2 Å². The molecule has 0 radical (unpaired) electrons. The lowest BCUT2D eigenvalue weighted by atomic mass is 9.89. The number of H-pyrrole nitrogens is 1. The highest BCUT2D eigenvalue weighted by Gasteiger charge is 2.27. The maximum absolute atomic E-state index is 12.8. The first-order chi connectivity index (χ1) is 13.4. The van der Waals surface area contributed by atoms with E-state index in [9.17, 15) is 19.5 Å². The van der Waals surface area contributed by atoms with E-state index in [4.69, 9.17) is 0 Å². The number of hydrogen-bond donors (Lipinski definition) is 3. The predicted octanol–water partition coefficient (Wildman–Crippen LogP) is 3.87. The summed E-state index contributed by atoms with van der Waals surface area (Å²) in [6.45, 7) is 3.58. The number of aromatic hydroxyl groups is 1. The summed E-state index contributed by atoms with van der Waals surface area (Å²) in [6.07, 6.45) is 2.72. The molecule has 7 heteroatoms. The van der Waals surface area contributed by atoms with Crippen LogP contribution in [0, 0.1) is 5.92 Å². The summed E-state index contributed by atoms with van der Waals surface area (Å²) in [5, 5.41) is 14.0. The highest BCUT2D eigenvalue weighted by molar-refractivity contribution is 7.18. The van der Waals surface area contributed by atoms with Crippen molar-refractivity contribution in [3.63, 3.8) is 0 Å². The molecule has 4 rings (SSSR count). The van der Waals surface area contributed by atoms with Crippen LogP contribution < -0.4 is 10.9 Å². The minimum Gasteiger partial charge on any atom is -0.506 e. The van der Waals surface area contributed by atoms with E-state index >= 15 is 0 Å². The number of carbonyl (C=O) groups excluding carboxylic acids is 2. The van der Waals surface area contributed by atoms with Crippen molar-refractivity contribution < 1.29 is 14.7 Å². The molecule has 0 unspecified atom stereocenters. The van der Waals surface area contributed by atoms with Crippen LogP contribution in [0.3, 0.4) is 0 Å². The molecule has 0 saturated carbocycles. The van der Waals surface area contributed by atoms with Crippen molar-refractivity contribution in [3.05, 3.63) is 56.2 Å². The van der Waals surface area contributed by atoms with Gasteiger partial charge in [-0.2, -0.15) is 0 Å². The Morgan fingerprint density at radius 3 is 2.79 bits per heavy atom. The summed E-state index contributed by atoms with van der Waals surface area (Å²) >= 11 is 1.47. The van der Waals surface area contributed by atoms with Gasteiger partial charge in [0.15, 0.2) is 5.78 Å². The lowest BCUT2D eigenvalue weighted by Crippen LogP contribution is -2.24. The Hall–Kier alpha value is -2.93. The number of anilines is 1. The molecule has 0 saturated heterocycles. The van der Waals surface area contributed by atoms with E-state index in [1.807, 2.05) is 0 Å². The molecule has 0 aliphatic heterocycles. The van der Waals surface area contributed by atoms with Crippen molar-refractivity contribution in [2.45, 2.75) is 33.1 Å². The Labute approximate surface area is 165 Å². The summed E-state index contributed by atoms with van der Waals surface area (Å²) in [4.78, 5) is 41.6. The molecule has 1 aromatic carbocycles. The van der Waals surface area contributed by atoms with Crippen molar-refractivity contribution in [1.82, 2.24) is 4.98 Å². The van der Waals surface area contributed by atoms with Gasteiger partial charge in [-0.25, -0.2) is 0 Å². The van der Waals surface area contributed by atoms with E-state index in [0.717, 1.165) is 29.7 Å². The molecule has 3 aromatic rings. The van der Waals surface area contributed by atoms with Crippen LogP contribution in [-0.2, 0) is 12.8 Å². The summed E-state index contributed by atoms with van der Waals surface area (Å²) in [5.74, 6) is -0.673. The number of hydrogen-bond acceptors (Lipinski definition) is 5. The zero-order chi connectivity index (χ0) is 20.0. The summed E-state index contributed by atoms with van der Waals surface area (Å²) in [7, 11) is 0. The first-order valence-corrected chi connectivity index (χ1v) is 9.99. The van der Waals surface area contributed by atoms with Gasteiger partial charge in [-0.3, -0.25) is 14.4 Å². The van der Waals surface area contributed by atoms with Crippen LogP contribution >= 0.6 is 11.3 Å². The summed E-state index contributed by atoms with van der Waals surface area (Å²) in [5.41, 5.74) is 0.694. The maximum Gasteiger partial charge on any atom is 0.265 e. The zero-order valence-corrected chi connectivity index (χ0v) is 16.4. The minimum atomic E-state index is -0.738. The van der Waals surface area contributed by atoms with Gasteiger partial charge in [-0.1, -0.05) is 19.1 Å². The Morgan fingerprint density at radius 2 is 2.04 bits per heavy atom. The van der Waals surface area contributed by atoms with Crippen molar-refractivity contribution in [2.24, 2.45) is 5.92 Å². The molecule has 2 heterocycles. The fraction of sp³-hybridized carbons (Fsp3) is 0.286. The number of Topliss-reactive ketones (excluding diaryl/α,β-unsaturated/α-hetero) is 1. The van der Waals surface area contributed by atoms with Crippen LogP contribution in [0.15, 0.2) is 29.1 Å². The summed E-state index contributed by atoms with van der Waals surface area (Å²) in [6, 6.07) is 6.57. The van der Waals surface area contributed by atoms with Gasteiger partial charge < -0.3 is 15.4 Å². The molecule has 1 amide bonds. The van der Waals surface area contributed by atoms with Crippen LogP contribution in [0.5, 0.6) is 5.75 Å². The van der Waals surface area contributed by atoms with E-state index < -0.39 is 11.5 Å². The van der Waals surface area contributed by atoms with Gasteiger partial charge in [0.1, 0.15) is 16.1 Å². The molecule has 0 fully saturated rings. The average molecular weight is 396 g/mol. The number of pyridine rings is 1. The number of carbonyl (C=O) groups is 2. The minimum absolute atomic E-state index is 0.203. The van der Waals surface area contributed by atoms with E-state index in [-0.39, 0.29) is 17.1 Å². The number of aryl methyl sites for hydroxylation is 1. The predicted molar refractivity (Wildman–Crippen MR) is 110 cm³/mol. The molecule has 0 spiro atoms. The second-order valence-electron chi connectivity index (χ2n) is 7.29. The van der Waals surface area contributed by atoms with Gasteiger partial charge in [0.05, 0.1) is 11.1 Å². The van der Waals surface area contributed by atoms with Crippen LogP contribution in [0.25, 0.3) is 10.2 Å². The van der Waals surface area contributed by atoms with Gasteiger partial charge in [0, 0.05) is 10.4 Å². The normalized spacial score (nSPS) is 16.0. The molecule has 1 atom stereocenters. The number of ketones is 1. The Morgan fingerprint density at radius 1 is 1.29 bits per heavy atom. The van der Waals surface area contributed by atoms with Crippen molar-refractivity contribution >= 4 is 38.9 Å². The van der Waals surface area contributed by atoms with Gasteiger partial charge in [0.2, 0.25) is 0 Å². The first kappa shape index (κ1) is 18.4. The standard InChI is InChI=1S/C21H20N2O4S/c1-10-7-8-13-15(9-10)28-21-16(13)18(25)17(20(27)23-21)19(26)22-14-6-4-3-5-12(14)11(2)24/h3-6,10H,7-9H2,1-2H3,(H,22,26)(H2,23,25,27)/t10-/m1/s1. The molecular formula is C21H20N2O4S. The number of aromatic nitrogens is 1. The highest BCUT2D eigenvalue weighted by atomic mass is 32.1. The van der Waals surface area contributed by atoms with Gasteiger partial charge >= 0.3 is 0 Å². The number of aromatic amines is 1. The lowest BCUT2D eigenvalue weighted by Gasteiger charge is -2.18.